The highest BCUT2D eigenvalue weighted by Gasteiger charge is 2.15. The lowest BCUT2D eigenvalue weighted by atomic mass is 10.2. The molecule has 4 rings (SSSR count). The number of nitrogens with zero attached hydrogens (tertiary/aromatic N) is 3. The maximum atomic E-state index is 12.3. The van der Waals surface area contributed by atoms with Crippen molar-refractivity contribution in [1.29, 1.82) is 0 Å². The Labute approximate surface area is 149 Å². The highest BCUT2D eigenvalue weighted by Crippen LogP contribution is 2.07. The van der Waals surface area contributed by atoms with E-state index in [0.717, 1.165) is 31.9 Å². The van der Waals surface area contributed by atoms with Crippen LogP contribution in [0.25, 0.3) is 10.9 Å². The number of H-pyrrole nitrogens is 1. The van der Waals surface area contributed by atoms with Crippen molar-refractivity contribution in [3.05, 3.63) is 58.2 Å². The fourth-order valence-corrected chi connectivity index (χ4v) is 3.12. The molecule has 0 radical (unpaired) electrons. The summed E-state index contributed by atoms with van der Waals surface area (Å²) in [6, 6.07) is 7.20. The van der Waals surface area contributed by atoms with Crippen LogP contribution in [0.15, 0.2) is 35.3 Å². The molecule has 1 aromatic carbocycles. The SMILES string of the molecule is O=C(NCCc1nc2ccccc2c(=O)[nH]1)c1cn2c(n1)CCNCC2. The predicted molar refractivity (Wildman–Crippen MR) is 97.2 cm³/mol. The Morgan fingerprint density at radius 1 is 1.23 bits per heavy atom. The Bertz CT molecular complexity index is 983. The monoisotopic (exact) mass is 352 g/mol. The van der Waals surface area contributed by atoms with Gasteiger partial charge in [0.2, 0.25) is 0 Å². The zero-order chi connectivity index (χ0) is 17.9. The molecule has 8 nitrogen and oxygen atoms in total. The summed E-state index contributed by atoms with van der Waals surface area (Å²) in [5.41, 5.74) is 0.925. The number of benzene rings is 1. The number of fused-ring (bicyclic) bond motifs is 2. The molecule has 0 saturated heterocycles. The summed E-state index contributed by atoms with van der Waals surface area (Å²) >= 11 is 0. The number of hydrogen-bond donors (Lipinski definition) is 3. The minimum Gasteiger partial charge on any atom is -0.350 e. The summed E-state index contributed by atoms with van der Waals surface area (Å²) in [5.74, 6) is 1.28. The predicted octanol–water partition coefficient (Wildman–Crippen LogP) is 0.238. The maximum Gasteiger partial charge on any atom is 0.271 e. The van der Waals surface area contributed by atoms with Crippen LogP contribution >= 0.6 is 0 Å². The summed E-state index contributed by atoms with van der Waals surface area (Å²) in [6.45, 7) is 2.95. The van der Waals surface area contributed by atoms with Gasteiger partial charge in [-0.3, -0.25) is 9.59 Å². The van der Waals surface area contributed by atoms with Crippen LogP contribution in [-0.4, -0.2) is 45.1 Å². The molecule has 8 heteroatoms. The average molecular weight is 352 g/mol. The lowest BCUT2D eigenvalue weighted by Gasteiger charge is -2.04. The molecule has 1 amide bonds. The number of amides is 1. The van der Waals surface area contributed by atoms with Crippen molar-refractivity contribution in [1.82, 2.24) is 30.2 Å². The van der Waals surface area contributed by atoms with E-state index >= 15 is 0 Å². The van der Waals surface area contributed by atoms with E-state index in [0.29, 0.717) is 35.4 Å². The summed E-state index contributed by atoms with van der Waals surface area (Å²) in [6.07, 6.45) is 3.06. The molecular formula is C18H20N6O2. The molecule has 0 saturated carbocycles. The van der Waals surface area contributed by atoms with Gasteiger partial charge in [0.05, 0.1) is 10.9 Å². The molecule has 1 aliphatic rings. The topological polar surface area (TPSA) is 105 Å². The van der Waals surface area contributed by atoms with E-state index in [1.807, 2.05) is 16.7 Å². The molecule has 0 atom stereocenters. The lowest BCUT2D eigenvalue weighted by Crippen LogP contribution is -2.27. The summed E-state index contributed by atoms with van der Waals surface area (Å²) < 4.78 is 2.03. The standard InChI is InChI=1S/C18H20N6O2/c25-17-12-3-1-2-4-13(12)21-15(23-17)5-8-20-18(26)14-11-24-10-9-19-7-6-16(24)22-14/h1-4,11,19H,5-10H2,(H,20,26)(H,21,23,25). The van der Waals surface area contributed by atoms with Crippen LogP contribution < -0.4 is 16.2 Å². The van der Waals surface area contributed by atoms with Crippen molar-refractivity contribution >= 4 is 16.8 Å². The molecule has 134 valence electrons. The van der Waals surface area contributed by atoms with Crippen LogP contribution in [-0.2, 0) is 19.4 Å². The molecule has 0 fully saturated rings. The van der Waals surface area contributed by atoms with E-state index in [4.69, 9.17) is 0 Å². The van der Waals surface area contributed by atoms with E-state index in [2.05, 4.69) is 25.6 Å². The van der Waals surface area contributed by atoms with Gasteiger partial charge in [-0.15, -0.1) is 0 Å². The van der Waals surface area contributed by atoms with Crippen LogP contribution in [0.5, 0.6) is 0 Å². The van der Waals surface area contributed by atoms with Crippen molar-refractivity contribution < 1.29 is 4.79 Å². The van der Waals surface area contributed by atoms with Gasteiger partial charge in [0.25, 0.3) is 11.5 Å². The number of imidazole rings is 1. The first kappa shape index (κ1) is 16.5. The quantitative estimate of drug-likeness (QED) is 0.624. The second-order valence-electron chi connectivity index (χ2n) is 6.27. The Morgan fingerprint density at radius 2 is 2.12 bits per heavy atom. The largest absolute Gasteiger partial charge is 0.350 e. The molecule has 2 aromatic heterocycles. The summed E-state index contributed by atoms with van der Waals surface area (Å²) in [4.78, 5) is 36.0. The van der Waals surface area contributed by atoms with Gasteiger partial charge >= 0.3 is 0 Å². The number of nitrogens with one attached hydrogen (secondary N) is 3. The van der Waals surface area contributed by atoms with Crippen molar-refractivity contribution in [3.63, 3.8) is 0 Å². The average Bonchev–Trinajstić information content (AvgIpc) is 2.93. The van der Waals surface area contributed by atoms with Gasteiger partial charge in [-0.05, 0) is 12.1 Å². The molecule has 1 aliphatic heterocycles. The number of aromatic nitrogens is 4. The van der Waals surface area contributed by atoms with E-state index in [9.17, 15) is 9.59 Å². The third-order valence-corrected chi connectivity index (χ3v) is 4.46. The van der Waals surface area contributed by atoms with Crippen molar-refractivity contribution in [2.45, 2.75) is 19.4 Å². The first-order valence-electron chi connectivity index (χ1n) is 8.73. The second kappa shape index (κ2) is 7.09. The van der Waals surface area contributed by atoms with Gasteiger partial charge in [0.15, 0.2) is 0 Å². The molecule has 0 bridgehead atoms. The fourth-order valence-electron chi connectivity index (χ4n) is 3.12. The highest BCUT2D eigenvalue weighted by atomic mass is 16.2. The van der Waals surface area contributed by atoms with E-state index in [1.165, 1.54) is 0 Å². The maximum absolute atomic E-state index is 12.3. The van der Waals surface area contributed by atoms with Crippen LogP contribution in [0.1, 0.15) is 22.1 Å². The fraction of sp³-hybridized carbons (Fsp3) is 0.333. The van der Waals surface area contributed by atoms with Crippen LogP contribution in [0.4, 0.5) is 0 Å². The molecule has 26 heavy (non-hydrogen) atoms. The molecule has 0 spiro atoms. The number of carbonyl (C=O) groups is 1. The van der Waals surface area contributed by atoms with Crippen molar-refractivity contribution in [2.24, 2.45) is 0 Å². The summed E-state index contributed by atoms with van der Waals surface area (Å²) in [5, 5.41) is 6.71. The van der Waals surface area contributed by atoms with Crippen LogP contribution in [0.2, 0.25) is 0 Å². The number of hydrogen-bond acceptors (Lipinski definition) is 5. The molecule has 3 N–H and O–H groups in total. The zero-order valence-corrected chi connectivity index (χ0v) is 14.3. The van der Waals surface area contributed by atoms with E-state index < -0.39 is 0 Å². The van der Waals surface area contributed by atoms with Gasteiger partial charge in [-0.1, -0.05) is 12.1 Å². The molecular weight excluding hydrogens is 332 g/mol. The Hall–Kier alpha value is -3.00. The number of para-hydroxylation sites is 1. The molecule has 3 aromatic rings. The molecule has 3 heterocycles. The first-order valence-corrected chi connectivity index (χ1v) is 8.73. The van der Waals surface area contributed by atoms with Crippen LogP contribution in [0.3, 0.4) is 0 Å². The highest BCUT2D eigenvalue weighted by molar-refractivity contribution is 5.92. The third-order valence-electron chi connectivity index (χ3n) is 4.46. The van der Waals surface area contributed by atoms with Gasteiger partial charge in [-0.2, -0.15) is 0 Å². The summed E-state index contributed by atoms with van der Waals surface area (Å²) in [7, 11) is 0. The normalized spacial score (nSPS) is 14.0. The van der Waals surface area contributed by atoms with Gasteiger partial charge in [-0.25, -0.2) is 9.97 Å². The van der Waals surface area contributed by atoms with Gasteiger partial charge < -0.3 is 20.2 Å². The van der Waals surface area contributed by atoms with E-state index in [-0.39, 0.29) is 11.5 Å². The minimum absolute atomic E-state index is 0.164. The Kier molecular flexibility index (Phi) is 4.49. The smallest absolute Gasteiger partial charge is 0.271 e. The minimum atomic E-state index is -0.207. The zero-order valence-electron chi connectivity index (χ0n) is 14.3. The number of aromatic amines is 1. The number of carbonyl (C=O) groups excluding carboxylic acids is 1. The van der Waals surface area contributed by atoms with Gasteiger partial charge in [0.1, 0.15) is 17.3 Å². The Balaban J connectivity index is 1.40. The molecule has 0 unspecified atom stereocenters. The molecule has 0 aliphatic carbocycles. The van der Waals surface area contributed by atoms with Crippen molar-refractivity contribution in [3.8, 4) is 0 Å². The van der Waals surface area contributed by atoms with Crippen LogP contribution in [0, 0.1) is 0 Å². The van der Waals surface area contributed by atoms with Gasteiger partial charge in [0, 0.05) is 45.2 Å². The second-order valence-corrected chi connectivity index (χ2v) is 6.27. The first-order chi connectivity index (χ1) is 12.7. The number of rotatable bonds is 4. The Morgan fingerprint density at radius 3 is 3.04 bits per heavy atom. The lowest BCUT2D eigenvalue weighted by molar-refractivity contribution is 0.0949. The third kappa shape index (κ3) is 3.36. The van der Waals surface area contributed by atoms with Crippen molar-refractivity contribution in [2.75, 3.05) is 19.6 Å². The van der Waals surface area contributed by atoms with E-state index in [1.54, 1.807) is 18.3 Å².